The number of phosphoric acid groups is 2. The zero-order chi connectivity index (χ0) is 77.2. The van der Waals surface area contributed by atoms with Crippen molar-refractivity contribution in [3.8, 4) is 0 Å². The number of carbonyl (C=O) groups is 4. The van der Waals surface area contributed by atoms with Gasteiger partial charge in [-0.25, -0.2) is 9.13 Å². The lowest BCUT2D eigenvalue weighted by Crippen LogP contribution is -2.30. The SMILES string of the molecule is CCCCCCCCCCCCCCCCCCCCC(=O)OC[C@H](COP(=O)(O)OC[C@@H](O)COP(=O)(O)OC[C@@H](COC(=O)CCCCCCCCC(C)C)OC(=O)CCCCCCCCCCCCCCCCC(C)C)OC(=O)CCCCCCCCCCCCCCCCCCCCC(C)C. The summed E-state index contributed by atoms with van der Waals surface area (Å²) in [5.74, 6) is 0.188. The van der Waals surface area contributed by atoms with E-state index in [0.717, 1.165) is 108 Å². The van der Waals surface area contributed by atoms with E-state index in [9.17, 15) is 43.2 Å². The zero-order valence-corrected chi connectivity index (χ0v) is 71.0. The van der Waals surface area contributed by atoms with Crippen LogP contribution < -0.4 is 0 Å². The summed E-state index contributed by atoms with van der Waals surface area (Å²) in [5, 5.41) is 10.7. The Bertz CT molecular complexity index is 2030. The van der Waals surface area contributed by atoms with Crippen LogP contribution in [0.25, 0.3) is 0 Å². The van der Waals surface area contributed by atoms with Gasteiger partial charge >= 0.3 is 39.5 Å². The van der Waals surface area contributed by atoms with Crippen LogP contribution in [0, 0.1) is 17.8 Å². The van der Waals surface area contributed by atoms with E-state index in [-0.39, 0.29) is 25.7 Å². The molecule has 0 bridgehead atoms. The Morgan fingerprint density at radius 3 is 0.648 bits per heavy atom. The third-order valence-corrected chi connectivity index (χ3v) is 22.0. The molecule has 0 saturated carbocycles. The van der Waals surface area contributed by atoms with Crippen molar-refractivity contribution < 1.29 is 80.2 Å². The first kappa shape index (κ1) is 103. The molecule has 0 aromatic rings. The number of rotatable bonds is 84. The van der Waals surface area contributed by atoms with Crippen LogP contribution in [0.3, 0.4) is 0 Å². The van der Waals surface area contributed by atoms with Crippen molar-refractivity contribution in [3.05, 3.63) is 0 Å². The molecule has 0 aliphatic rings. The molecule has 0 aromatic carbocycles. The lowest BCUT2D eigenvalue weighted by atomic mass is 10.0. The average molecular weight is 1540 g/mol. The van der Waals surface area contributed by atoms with E-state index in [1.165, 1.54) is 257 Å². The summed E-state index contributed by atoms with van der Waals surface area (Å²) in [6.07, 6.45) is 66.9. The molecule has 3 N–H and O–H groups in total. The number of unbranched alkanes of at least 4 members (excludes halogenated alkanes) is 52. The number of hydrogen-bond donors (Lipinski definition) is 3. The normalized spacial score (nSPS) is 13.9. The molecule has 2 unspecified atom stereocenters. The van der Waals surface area contributed by atoms with E-state index >= 15 is 0 Å². The molecule has 5 atom stereocenters. The maximum Gasteiger partial charge on any atom is 0.472 e. The Morgan fingerprint density at radius 1 is 0.257 bits per heavy atom. The molecule has 105 heavy (non-hydrogen) atoms. The highest BCUT2D eigenvalue weighted by Gasteiger charge is 2.30. The molecule has 0 aromatic heterocycles. The number of aliphatic hydroxyl groups is 1. The second-order valence-corrected chi connectivity index (χ2v) is 35.3. The van der Waals surface area contributed by atoms with E-state index in [1.807, 2.05) is 0 Å². The fraction of sp³-hybridized carbons (Fsp3) is 0.953. The Kier molecular flexibility index (Phi) is 74.7. The topological polar surface area (TPSA) is 237 Å². The van der Waals surface area contributed by atoms with Crippen LogP contribution in [-0.4, -0.2) is 96.7 Å². The predicted octanol–water partition coefficient (Wildman–Crippen LogP) is 26.1. The van der Waals surface area contributed by atoms with Gasteiger partial charge in [0.1, 0.15) is 19.3 Å². The van der Waals surface area contributed by atoms with Crippen LogP contribution in [0.5, 0.6) is 0 Å². The molecule has 0 aliphatic heterocycles. The lowest BCUT2D eigenvalue weighted by molar-refractivity contribution is -0.161. The van der Waals surface area contributed by atoms with Crippen molar-refractivity contribution in [1.29, 1.82) is 0 Å². The van der Waals surface area contributed by atoms with Gasteiger partial charge in [0.15, 0.2) is 12.2 Å². The summed E-state index contributed by atoms with van der Waals surface area (Å²) >= 11 is 0. The van der Waals surface area contributed by atoms with Gasteiger partial charge in [0.05, 0.1) is 26.4 Å². The Morgan fingerprint density at radius 2 is 0.438 bits per heavy atom. The fourth-order valence-corrected chi connectivity index (χ4v) is 14.9. The molecule has 17 nitrogen and oxygen atoms in total. The Hall–Kier alpha value is -1.94. The van der Waals surface area contributed by atoms with E-state index in [0.29, 0.717) is 31.6 Å². The molecule has 19 heteroatoms. The second-order valence-electron chi connectivity index (χ2n) is 32.4. The summed E-state index contributed by atoms with van der Waals surface area (Å²) in [6.45, 7) is 12.0. The molecule has 0 saturated heterocycles. The van der Waals surface area contributed by atoms with Crippen molar-refractivity contribution in [3.63, 3.8) is 0 Å². The van der Waals surface area contributed by atoms with Crippen LogP contribution in [0.1, 0.15) is 453 Å². The monoisotopic (exact) mass is 1540 g/mol. The number of phosphoric ester groups is 2. The minimum Gasteiger partial charge on any atom is -0.462 e. The van der Waals surface area contributed by atoms with Gasteiger partial charge in [0, 0.05) is 25.7 Å². The summed E-state index contributed by atoms with van der Waals surface area (Å²) in [4.78, 5) is 73.2. The molecule has 0 rings (SSSR count). The van der Waals surface area contributed by atoms with Crippen LogP contribution in [0.4, 0.5) is 0 Å². The third kappa shape index (κ3) is 79.9. The number of esters is 4. The van der Waals surface area contributed by atoms with E-state index in [1.54, 1.807) is 0 Å². The van der Waals surface area contributed by atoms with Gasteiger partial charge in [0.25, 0.3) is 0 Å². The maximum atomic E-state index is 13.1. The molecule has 0 radical (unpaired) electrons. The average Bonchev–Trinajstić information content (AvgIpc) is 0.909. The molecule has 0 amide bonds. The summed E-state index contributed by atoms with van der Waals surface area (Å²) in [6, 6.07) is 0. The van der Waals surface area contributed by atoms with Crippen molar-refractivity contribution in [2.45, 2.75) is 471 Å². The van der Waals surface area contributed by atoms with Gasteiger partial charge in [-0.05, 0) is 43.4 Å². The van der Waals surface area contributed by atoms with Gasteiger partial charge in [-0.15, -0.1) is 0 Å². The van der Waals surface area contributed by atoms with Gasteiger partial charge in [0.2, 0.25) is 0 Å². The molecular formula is C86H168O17P2. The summed E-state index contributed by atoms with van der Waals surface area (Å²) < 4.78 is 68.9. The van der Waals surface area contributed by atoms with Crippen LogP contribution in [0.15, 0.2) is 0 Å². The molecule has 0 heterocycles. The largest absolute Gasteiger partial charge is 0.472 e. The van der Waals surface area contributed by atoms with Crippen molar-refractivity contribution in [2.24, 2.45) is 17.8 Å². The van der Waals surface area contributed by atoms with E-state index < -0.39 is 97.5 Å². The van der Waals surface area contributed by atoms with Gasteiger partial charge in [-0.2, -0.15) is 0 Å². The molecule has 0 fully saturated rings. The van der Waals surface area contributed by atoms with Crippen molar-refractivity contribution >= 4 is 39.5 Å². The smallest absolute Gasteiger partial charge is 0.462 e. The highest BCUT2D eigenvalue weighted by atomic mass is 31.2. The van der Waals surface area contributed by atoms with E-state index in [2.05, 4.69) is 48.5 Å². The predicted molar refractivity (Wildman–Crippen MR) is 432 cm³/mol. The second kappa shape index (κ2) is 76.1. The standard InChI is InChI=1S/C86H168O17P2/c1-8-9-10-11-12-13-14-15-16-17-21-24-30-35-40-45-53-60-67-83(88)96-73-81(102-85(90)69-62-55-46-41-36-31-25-22-19-18-20-23-28-33-38-43-50-57-64-77(2)3)75-100-104(92,93)98-71-80(87)72-99-105(94,95)101-76-82(74-97-84(89)68-61-54-49-48-52-59-66-79(6)7)103-86(91)70-63-56-47-42-37-32-27-26-29-34-39-44-51-58-65-78(4)5/h77-82,87H,8-76H2,1-7H3,(H,92,93)(H,94,95)/t80-,81-,82-/m1/s1. The quantitative estimate of drug-likeness (QED) is 0.0222. The van der Waals surface area contributed by atoms with E-state index in [4.69, 9.17) is 37.0 Å². The highest BCUT2D eigenvalue weighted by molar-refractivity contribution is 7.47. The highest BCUT2D eigenvalue weighted by Crippen LogP contribution is 2.45. The minimum atomic E-state index is -4.97. The first-order valence-corrected chi connectivity index (χ1v) is 47.3. The third-order valence-electron chi connectivity index (χ3n) is 20.1. The molecular weight excluding hydrogens is 1370 g/mol. The van der Waals surface area contributed by atoms with Crippen LogP contribution in [0.2, 0.25) is 0 Å². The number of ether oxygens (including phenoxy) is 4. The number of hydrogen-bond acceptors (Lipinski definition) is 15. The molecule has 0 spiro atoms. The van der Waals surface area contributed by atoms with Crippen LogP contribution >= 0.6 is 15.6 Å². The Balaban J connectivity index is 5.21. The number of carbonyl (C=O) groups excluding carboxylic acids is 4. The van der Waals surface area contributed by atoms with Crippen molar-refractivity contribution in [1.82, 2.24) is 0 Å². The fourth-order valence-electron chi connectivity index (χ4n) is 13.4. The van der Waals surface area contributed by atoms with Gasteiger partial charge in [-0.3, -0.25) is 37.3 Å². The summed E-state index contributed by atoms with van der Waals surface area (Å²) in [5.41, 5.74) is 0. The van der Waals surface area contributed by atoms with Crippen molar-refractivity contribution in [2.75, 3.05) is 39.6 Å². The maximum absolute atomic E-state index is 13.1. The zero-order valence-electron chi connectivity index (χ0n) is 69.2. The Labute approximate surface area is 645 Å². The first-order valence-electron chi connectivity index (χ1n) is 44.3. The van der Waals surface area contributed by atoms with Gasteiger partial charge in [-0.1, -0.05) is 402 Å². The number of aliphatic hydroxyl groups excluding tert-OH is 1. The first-order chi connectivity index (χ1) is 50.7. The molecule has 624 valence electrons. The van der Waals surface area contributed by atoms with Crippen LogP contribution in [-0.2, 0) is 65.4 Å². The molecule has 0 aliphatic carbocycles. The van der Waals surface area contributed by atoms with Gasteiger partial charge < -0.3 is 33.8 Å². The lowest BCUT2D eigenvalue weighted by Gasteiger charge is -2.21. The minimum absolute atomic E-state index is 0.107. The summed E-state index contributed by atoms with van der Waals surface area (Å²) in [7, 11) is -9.93.